The Morgan fingerprint density at radius 1 is 0.302 bits per heavy atom. The van der Waals surface area contributed by atoms with E-state index in [4.69, 9.17) is 11.6 Å². The number of hydrogen-bond acceptors (Lipinski definition) is 18. The summed E-state index contributed by atoms with van der Waals surface area (Å²) >= 11 is 6.03. The van der Waals surface area contributed by atoms with Crippen LogP contribution in [0.15, 0.2) is 175 Å². The monoisotopic (exact) mass is 2070 g/mol. The highest BCUT2D eigenvalue weighted by molar-refractivity contribution is 6.30. The van der Waals surface area contributed by atoms with E-state index >= 15 is 0 Å². The second-order valence-corrected chi connectivity index (χ2v) is 49.5. The van der Waals surface area contributed by atoms with Crippen LogP contribution in [-0.2, 0) is 45.4 Å². The third kappa shape index (κ3) is 37.8. The number of amides is 8. The number of nitrogens with zero attached hydrogens (tertiary/aromatic N) is 11. The number of aromatic nitrogens is 2. The van der Waals surface area contributed by atoms with Crippen LogP contribution < -0.4 is 42.5 Å². The summed E-state index contributed by atoms with van der Waals surface area (Å²) in [7, 11) is 1.91. The Morgan fingerprint density at radius 3 is 0.819 bits per heavy atom. The van der Waals surface area contributed by atoms with Crippen molar-refractivity contribution in [2.45, 2.75) is 235 Å². The summed E-state index contributed by atoms with van der Waals surface area (Å²) < 4.78 is 28.8. The quantitative estimate of drug-likeness (QED) is 0.0701. The molecule has 9 aliphatic heterocycles. The summed E-state index contributed by atoms with van der Waals surface area (Å²) in [5, 5.41) is 32.4. The number of aryl methyl sites for hydroxylation is 4. The van der Waals surface area contributed by atoms with Gasteiger partial charge in [0.15, 0.2) is 0 Å². The second-order valence-electron chi connectivity index (χ2n) is 49.1. The summed E-state index contributed by atoms with van der Waals surface area (Å²) in [6.07, 6.45) is 7.91. The summed E-state index contributed by atoms with van der Waals surface area (Å²) in [5.74, 6) is 1.20. The molecular formula is C119H178ClF2N19O8. The highest BCUT2D eigenvalue weighted by Gasteiger charge is 2.41. The van der Waals surface area contributed by atoms with Gasteiger partial charge in [0.05, 0.1) is 36.9 Å². The fraction of sp³-hybridized carbons (Fsp3) is 0.580. The third-order valence-corrected chi connectivity index (χ3v) is 27.5. The van der Waals surface area contributed by atoms with E-state index in [2.05, 4.69) is 158 Å². The average molecular weight is 2080 g/mol. The standard InChI is InChI=1S/3C16H24N2O.C15H21ClN2O.2C15H21FN2O.C13H22N4O.C13H21N3O/c3*1-12-5-7-13(8-6-12)14-11-18(10-9-17-14)15(19)16(2,3)4;2*1-15(2,3)14(19)18-8-7-17-13(10-18)11-5-4-6-12(16)9-11;1-15(2,3)14(19)18-9-8-17-13(10-18)11-6-4-5-7-12(11)16;1-13(2,3)12(18)17-6-5-14-11(9-17)10-7-15-16(4)8-10;1-13(2,3)12(17)16-7-6-15-11(9-16)10-4-5-14-8-10/h3*5-8,14,17H,9-11H2,1-4H3;2*4-6,9,13,17H,7-8,10H2,1-3H3;4-7,13,17H,8-10H2,1-3H3;7-8,11,14H,5-6,9H2,1-4H3;4,8,11,15H,5-7,9H2,1-3H3. The molecule has 16 rings (SSSR count). The maximum absolute atomic E-state index is 13.8. The van der Waals surface area contributed by atoms with E-state index in [0.29, 0.717) is 44.8 Å². The minimum absolute atomic E-state index is 0.00995. The van der Waals surface area contributed by atoms with E-state index in [9.17, 15) is 47.1 Å². The number of aliphatic imine (C=N–C) groups is 1. The molecule has 0 bridgehead atoms. The molecule has 8 amide bonds. The molecule has 6 aromatic carbocycles. The molecule has 27 nitrogen and oxygen atoms in total. The first-order chi connectivity index (χ1) is 69.6. The number of carbonyl (C=O) groups is 8. The van der Waals surface area contributed by atoms with Gasteiger partial charge in [0.2, 0.25) is 47.3 Å². The largest absolute Gasteiger partial charge is 0.339 e. The molecule has 30 heteroatoms. The number of nitrogens with one attached hydrogen (secondary N) is 8. The molecule has 818 valence electrons. The first-order valence-electron chi connectivity index (χ1n) is 53.5. The lowest BCUT2D eigenvalue weighted by Gasteiger charge is -2.37. The lowest BCUT2D eigenvalue weighted by molar-refractivity contribution is -0.141. The first kappa shape index (κ1) is 122. The van der Waals surface area contributed by atoms with Gasteiger partial charge in [-0.25, -0.2) is 8.78 Å². The van der Waals surface area contributed by atoms with Crippen molar-refractivity contribution >= 4 is 65.1 Å². The Hall–Kier alpha value is -10.5. The Kier molecular flexibility index (Phi) is 44.4. The van der Waals surface area contributed by atoms with Gasteiger partial charge in [0.1, 0.15) is 11.6 Å². The van der Waals surface area contributed by atoms with Crippen LogP contribution in [0.25, 0.3) is 0 Å². The molecule has 149 heavy (non-hydrogen) atoms. The van der Waals surface area contributed by atoms with Gasteiger partial charge in [0.25, 0.3) is 0 Å². The van der Waals surface area contributed by atoms with Crippen molar-refractivity contribution in [2.24, 2.45) is 55.4 Å². The summed E-state index contributed by atoms with van der Waals surface area (Å²) in [6.45, 7) is 72.4. The lowest BCUT2D eigenvalue weighted by atomic mass is 9.93. The third-order valence-electron chi connectivity index (χ3n) is 27.3. The van der Waals surface area contributed by atoms with Crippen LogP contribution in [0, 0.1) is 75.7 Å². The molecule has 0 saturated carbocycles. The van der Waals surface area contributed by atoms with Gasteiger partial charge in [-0.3, -0.25) is 48.0 Å². The van der Waals surface area contributed by atoms with Crippen LogP contribution in [-0.4, -0.2) is 272 Å². The molecule has 1 aromatic heterocycles. The van der Waals surface area contributed by atoms with Gasteiger partial charge >= 0.3 is 0 Å². The number of carbonyl (C=O) groups excluding carboxylic acids is 8. The van der Waals surface area contributed by atoms with Crippen molar-refractivity contribution in [2.75, 3.05) is 164 Å². The Bertz CT molecular complexity index is 5280. The molecule has 0 aliphatic carbocycles. The van der Waals surface area contributed by atoms with Crippen molar-refractivity contribution < 1.29 is 47.1 Å². The number of benzene rings is 6. The number of rotatable bonds is 8. The van der Waals surface area contributed by atoms with Gasteiger partial charge in [0, 0.05) is 260 Å². The molecule has 8 fully saturated rings. The molecule has 9 aliphatic rings. The van der Waals surface area contributed by atoms with Crippen LogP contribution in [0.2, 0.25) is 5.02 Å². The molecule has 10 heterocycles. The van der Waals surface area contributed by atoms with E-state index < -0.39 is 5.41 Å². The zero-order valence-electron chi connectivity index (χ0n) is 94.8. The van der Waals surface area contributed by atoms with Gasteiger partial charge in [-0.05, 0) is 84.5 Å². The SMILES string of the molecule is CC(C)(C)C(=O)N1CCNC(C2=CCN=C2)C1.CC(C)(C)C(=O)N1CCNC(c2cccc(Cl)c2)C1.CC(C)(C)C(=O)N1CCNC(c2cccc(F)c2)C1.CC(C)(C)C(=O)N1CCNC(c2ccccc2F)C1.Cc1ccc(C2CN(C(=O)C(C)(C)C)CCN2)cc1.Cc1ccc(C2CN(C(=O)C(C)(C)C)CCN2)cc1.Cc1ccc(C2CN(C(=O)C(C)(C)C)CCN2)cc1.Cn1cc(C2CN(C(=O)C(C)(C)C)CCN2)cn1. The minimum Gasteiger partial charge on any atom is -0.339 e. The molecular weight excluding hydrogens is 1900 g/mol. The van der Waals surface area contributed by atoms with Crippen LogP contribution >= 0.6 is 11.6 Å². The van der Waals surface area contributed by atoms with Crippen LogP contribution in [0.1, 0.15) is 264 Å². The predicted molar refractivity (Wildman–Crippen MR) is 598 cm³/mol. The van der Waals surface area contributed by atoms with Crippen LogP contribution in [0.4, 0.5) is 8.78 Å². The normalized spacial score (nSPS) is 21.0. The average Bonchev–Trinajstić information content (AvgIpc) is 0.828. The number of hydrogen-bond donors (Lipinski definition) is 8. The Morgan fingerprint density at radius 2 is 0.557 bits per heavy atom. The molecule has 0 radical (unpaired) electrons. The predicted octanol–water partition coefficient (Wildman–Crippen LogP) is 16.9. The molecule has 8 atom stereocenters. The Balaban J connectivity index is 0.000000189. The zero-order valence-corrected chi connectivity index (χ0v) is 95.5. The van der Waals surface area contributed by atoms with Gasteiger partial charge in [-0.2, -0.15) is 5.10 Å². The van der Waals surface area contributed by atoms with Crippen molar-refractivity contribution in [3.8, 4) is 0 Å². The summed E-state index contributed by atoms with van der Waals surface area (Å²) in [6, 6.07) is 48.0. The van der Waals surface area contributed by atoms with E-state index in [-0.39, 0.29) is 145 Å². The zero-order chi connectivity index (χ0) is 110. The molecule has 7 aromatic rings. The maximum atomic E-state index is 13.8. The Labute approximate surface area is 894 Å². The number of halogens is 3. The van der Waals surface area contributed by atoms with Crippen molar-refractivity contribution in [3.63, 3.8) is 0 Å². The summed E-state index contributed by atoms with van der Waals surface area (Å²) in [5.41, 5.74) is 10.0. The fourth-order valence-corrected chi connectivity index (χ4v) is 19.1. The highest BCUT2D eigenvalue weighted by Crippen LogP contribution is 2.34. The van der Waals surface area contributed by atoms with E-state index in [1.165, 1.54) is 57.2 Å². The van der Waals surface area contributed by atoms with E-state index in [0.717, 1.165) is 146 Å². The minimum atomic E-state index is -0.392. The van der Waals surface area contributed by atoms with Crippen molar-refractivity contribution in [1.29, 1.82) is 0 Å². The van der Waals surface area contributed by atoms with Crippen LogP contribution in [0.5, 0.6) is 0 Å². The highest BCUT2D eigenvalue weighted by atomic mass is 35.5. The van der Waals surface area contributed by atoms with Gasteiger partial charge in [-0.15, -0.1) is 0 Å². The van der Waals surface area contributed by atoms with Gasteiger partial charge < -0.3 is 81.7 Å². The van der Waals surface area contributed by atoms with Crippen molar-refractivity contribution in [3.05, 3.63) is 242 Å². The molecule has 0 spiro atoms. The van der Waals surface area contributed by atoms with E-state index in [1.807, 2.05) is 261 Å². The van der Waals surface area contributed by atoms with Crippen LogP contribution in [0.3, 0.4) is 0 Å². The molecule has 8 saturated heterocycles. The van der Waals surface area contributed by atoms with Gasteiger partial charge in [-0.1, -0.05) is 316 Å². The molecule has 8 unspecified atom stereocenters. The second kappa shape index (κ2) is 54.2. The fourth-order valence-electron chi connectivity index (χ4n) is 18.9. The molecule has 8 N–H and O–H groups in total. The first-order valence-corrected chi connectivity index (χ1v) is 53.9. The lowest BCUT2D eigenvalue weighted by Crippen LogP contribution is -2.55. The smallest absolute Gasteiger partial charge is 0.228 e. The summed E-state index contributed by atoms with van der Waals surface area (Å²) in [4.78, 5) is 118. The van der Waals surface area contributed by atoms with E-state index in [1.54, 1.807) is 22.9 Å². The maximum Gasteiger partial charge on any atom is 0.228 e. The topological polar surface area (TPSA) is 289 Å². The van der Waals surface area contributed by atoms with Crippen molar-refractivity contribution in [1.82, 2.24) is 91.5 Å². The number of piperazine rings is 8.